The van der Waals surface area contributed by atoms with Crippen molar-refractivity contribution in [2.24, 2.45) is 0 Å². The third-order valence-electron chi connectivity index (χ3n) is 17.9. The van der Waals surface area contributed by atoms with Crippen LogP contribution in [0.1, 0.15) is 45.2 Å². The normalized spacial score (nSPS) is 14.4. The number of hydrogen-bond acceptors (Lipinski definition) is 6. The first kappa shape index (κ1) is 45.4. The maximum atomic E-state index is 5.54. The molecular formula is C74H44N10. The van der Waals surface area contributed by atoms with Crippen LogP contribution in [0.5, 0.6) is 0 Å². The van der Waals surface area contributed by atoms with Gasteiger partial charge in [0.05, 0.1) is 44.1 Å². The molecule has 3 aliphatic rings. The molecule has 84 heavy (non-hydrogen) atoms. The molecule has 0 radical (unpaired) electrons. The fourth-order valence-electron chi connectivity index (χ4n) is 14.6. The van der Waals surface area contributed by atoms with Gasteiger partial charge in [-0.2, -0.15) is 29.9 Å². The maximum absolute atomic E-state index is 5.54. The number of benzene rings is 11. The molecule has 0 N–H and O–H groups in total. The van der Waals surface area contributed by atoms with Gasteiger partial charge in [-0.1, -0.05) is 206 Å². The predicted octanol–water partition coefficient (Wildman–Crippen LogP) is 16.8. The van der Waals surface area contributed by atoms with E-state index < -0.39 is 0 Å². The summed E-state index contributed by atoms with van der Waals surface area (Å²) in [4.78, 5) is 32.6. The summed E-state index contributed by atoms with van der Waals surface area (Å²) < 4.78 is 8.93. The molecule has 10 nitrogen and oxygen atoms in total. The molecule has 6 aromatic heterocycles. The second-order valence-electron chi connectivity index (χ2n) is 22.1. The van der Waals surface area contributed by atoms with Crippen molar-refractivity contribution in [1.82, 2.24) is 48.2 Å². The summed E-state index contributed by atoms with van der Waals surface area (Å²) in [6.07, 6.45) is 0. The predicted molar refractivity (Wildman–Crippen MR) is 336 cm³/mol. The van der Waals surface area contributed by atoms with E-state index in [1.165, 1.54) is 44.2 Å². The molecule has 2 bridgehead atoms. The van der Waals surface area contributed by atoms with Crippen molar-refractivity contribution in [1.29, 1.82) is 0 Å². The van der Waals surface area contributed by atoms with Gasteiger partial charge in [-0.15, -0.1) is 0 Å². The van der Waals surface area contributed by atoms with Gasteiger partial charge in [-0.25, -0.2) is 0 Å². The summed E-state index contributed by atoms with van der Waals surface area (Å²) in [6, 6.07) is 90.7. The van der Waals surface area contributed by atoms with Gasteiger partial charge in [0.1, 0.15) is 0 Å². The van der Waals surface area contributed by atoms with Crippen molar-refractivity contribution in [3.8, 4) is 46.6 Å². The Kier molecular flexibility index (Phi) is 9.23. The fraction of sp³-hybridized carbons (Fsp3) is 0.0270. The summed E-state index contributed by atoms with van der Waals surface area (Å²) in [5.74, 6) is 3.23. The van der Waals surface area contributed by atoms with Crippen LogP contribution < -0.4 is 0 Å². The summed E-state index contributed by atoms with van der Waals surface area (Å²) in [5.41, 5.74) is 18.0. The molecular weight excluding hydrogens is 1030 g/mol. The van der Waals surface area contributed by atoms with Gasteiger partial charge in [0, 0.05) is 66.1 Å². The van der Waals surface area contributed by atoms with E-state index in [4.69, 9.17) is 29.9 Å². The lowest BCUT2D eigenvalue weighted by Crippen LogP contribution is -2.28. The molecule has 17 aromatic rings. The van der Waals surface area contributed by atoms with Crippen LogP contribution >= 0.6 is 0 Å². The van der Waals surface area contributed by atoms with Gasteiger partial charge in [-0.3, -0.25) is 18.3 Å². The van der Waals surface area contributed by atoms with Crippen LogP contribution in [-0.4, -0.2) is 48.2 Å². The van der Waals surface area contributed by atoms with Gasteiger partial charge in [0.2, 0.25) is 23.8 Å². The Morgan fingerprint density at radius 3 is 0.869 bits per heavy atom. The monoisotopic (exact) mass is 1070 g/mol. The third kappa shape index (κ3) is 6.17. The lowest BCUT2D eigenvalue weighted by molar-refractivity contribution is 0.767. The minimum Gasteiger partial charge on any atom is -0.278 e. The van der Waals surface area contributed by atoms with E-state index in [9.17, 15) is 0 Å². The zero-order valence-corrected chi connectivity index (χ0v) is 44.9. The van der Waals surface area contributed by atoms with Crippen LogP contribution in [0.4, 0.5) is 0 Å². The van der Waals surface area contributed by atoms with Crippen molar-refractivity contribution < 1.29 is 0 Å². The molecule has 11 aromatic carbocycles. The number of hydrogen-bond donors (Lipinski definition) is 0. The molecule has 0 saturated carbocycles. The summed E-state index contributed by atoms with van der Waals surface area (Å²) in [6.45, 7) is 0. The lowest BCUT2D eigenvalue weighted by atomic mass is 9.59. The zero-order chi connectivity index (χ0) is 54.7. The van der Waals surface area contributed by atoms with Crippen LogP contribution in [0.25, 0.3) is 134 Å². The summed E-state index contributed by atoms with van der Waals surface area (Å²) >= 11 is 0. The van der Waals surface area contributed by atoms with Crippen LogP contribution in [0.3, 0.4) is 0 Å². The minimum atomic E-state index is -0.139. The number of fused-ring (bicyclic) bond motifs is 12. The van der Waals surface area contributed by atoms with E-state index >= 15 is 0 Å². The average Bonchev–Trinajstić information content (AvgIpc) is 1.42. The van der Waals surface area contributed by atoms with Gasteiger partial charge in [0.25, 0.3) is 0 Å². The molecule has 0 unspecified atom stereocenters. The molecule has 20 rings (SSSR count). The maximum Gasteiger partial charge on any atom is 0.240 e. The molecule has 390 valence electrons. The minimum absolute atomic E-state index is 0.0262. The second kappa shape index (κ2) is 17.1. The summed E-state index contributed by atoms with van der Waals surface area (Å²) in [7, 11) is 0. The smallest absolute Gasteiger partial charge is 0.240 e. The summed E-state index contributed by atoms with van der Waals surface area (Å²) in [5, 5.41) is 9.23. The van der Waals surface area contributed by atoms with Crippen LogP contribution in [-0.2, 0) is 0 Å². The van der Waals surface area contributed by atoms with Crippen LogP contribution in [0.2, 0.25) is 0 Å². The molecule has 0 saturated heterocycles. The van der Waals surface area contributed by atoms with Crippen molar-refractivity contribution in [2.45, 2.75) is 11.8 Å². The van der Waals surface area contributed by atoms with Gasteiger partial charge >= 0.3 is 0 Å². The molecule has 0 spiro atoms. The fourth-order valence-corrected chi connectivity index (χ4v) is 14.6. The highest BCUT2D eigenvalue weighted by molar-refractivity contribution is 6.16. The van der Waals surface area contributed by atoms with Crippen LogP contribution in [0, 0.1) is 0 Å². The molecule has 6 heterocycles. The Labute approximate surface area is 479 Å². The van der Waals surface area contributed by atoms with Gasteiger partial charge in [-0.05, 0) is 81.9 Å². The van der Waals surface area contributed by atoms with E-state index in [0.717, 1.165) is 87.6 Å². The van der Waals surface area contributed by atoms with E-state index in [1.807, 2.05) is 36.4 Å². The molecule has 0 atom stereocenters. The number of para-hydroxylation sites is 6. The highest BCUT2D eigenvalue weighted by Gasteiger charge is 2.45. The Balaban J connectivity index is 0.876. The quantitative estimate of drug-likeness (QED) is 0.165. The first-order valence-corrected chi connectivity index (χ1v) is 28.5. The van der Waals surface area contributed by atoms with Crippen LogP contribution in [0.15, 0.2) is 255 Å². The van der Waals surface area contributed by atoms with E-state index in [1.54, 1.807) is 0 Å². The zero-order valence-electron chi connectivity index (χ0n) is 44.9. The number of rotatable bonds is 6. The van der Waals surface area contributed by atoms with E-state index in [0.29, 0.717) is 35.4 Å². The molecule has 3 aliphatic carbocycles. The number of nitrogens with zero attached hydrogens (tertiary/aromatic N) is 10. The molecule has 0 fully saturated rings. The lowest BCUT2D eigenvalue weighted by Gasteiger charge is -2.43. The van der Waals surface area contributed by atoms with Gasteiger partial charge < -0.3 is 0 Å². The Hall–Kier alpha value is -11.4. The Morgan fingerprint density at radius 1 is 0.214 bits per heavy atom. The largest absolute Gasteiger partial charge is 0.278 e. The SMILES string of the molecule is c1ccc(-c2nc(-n3c4ccccc4c4ccccc43)nc(-n3c4ccccc4c4c5c(ccc43)C3c4ccccc4C5c4c3ccc3c4c4ccccc4n3-c3nc(-c4ccccc4)nc(-n4c5ccccc5c5ccccc54)n3)n2)cc1. The first-order valence-electron chi connectivity index (χ1n) is 28.5. The average molecular weight is 1070 g/mol. The van der Waals surface area contributed by atoms with E-state index in [2.05, 4.69) is 237 Å². The Bertz CT molecular complexity index is 5220. The highest BCUT2D eigenvalue weighted by atomic mass is 15.3. The Morgan fingerprint density at radius 2 is 0.500 bits per heavy atom. The first-order chi connectivity index (χ1) is 41.7. The highest BCUT2D eigenvalue weighted by Crippen LogP contribution is 2.60. The molecule has 0 amide bonds. The van der Waals surface area contributed by atoms with Crippen molar-refractivity contribution in [3.05, 3.63) is 288 Å². The van der Waals surface area contributed by atoms with Crippen molar-refractivity contribution in [2.75, 3.05) is 0 Å². The third-order valence-corrected chi connectivity index (χ3v) is 17.9. The molecule has 10 heteroatoms. The van der Waals surface area contributed by atoms with E-state index in [-0.39, 0.29) is 11.8 Å². The van der Waals surface area contributed by atoms with Gasteiger partial charge in [0.15, 0.2) is 11.6 Å². The van der Waals surface area contributed by atoms with Crippen molar-refractivity contribution >= 4 is 87.2 Å². The topological polar surface area (TPSA) is 97.1 Å². The second-order valence-corrected chi connectivity index (χ2v) is 22.1. The van der Waals surface area contributed by atoms with Crippen molar-refractivity contribution in [3.63, 3.8) is 0 Å². The number of aromatic nitrogens is 10. The molecule has 0 aliphatic heterocycles. The standard InChI is InChI=1S/C74H44N10/c1-3-21-43(22-4-1)69-75-71(81-55-33-15-9-25-45(55)46-26-10-16-34-56(46)81)79-73(77-69)83-59-37-19-13-31-51(59)64-61(83)41-39-53-63-49-29-7-8-30-50(49)66(67(53)64)68-54(63)40-42-62-65(68)52-32-14-20-38-60(52)84(62)74-78-70(44-23-5-2-6-24-44)76-72(80-74)82-57-35-17-11-27-47(57)48-28-12-18-36-58(48)82/h1-42,63,66H.